The van der Waals surface area contributed by atoms with Crippen LogP contribution in [-0.2, 0) is 13.0 Å². The van der Waals surface area contributed by atoms with Crippen molar-refractivity contribution in [3.05, 3.63) is 35.4 Å². The summed E-state index contributed by atoms with van der Waals surface area (Å²) in [5.74, 6) is 0.782. The molecule has 0 aliphatic carbocycles. The summed E-state index contributed by atoms with van der Waals surface area (Å²) in [7, 11) is 2.19. The number of benzene rings is 1. The van der Waals surface area contributed by atoms with Crippen LogP contribution in [-0.4, -0.2) is 25.0 Å². The second-order valence-corrected chi connectivity index (χ2v) is 5.28. The van der Waals surface area contributed by atoms with Gasteiger partial charge < -0.3 is 10.6 Å². The van der Waals surface area contributed by atoms with E-state index in [1.165, 1.54) is 24.1 Å². The Bertz CT molecular complexity index is 303. The number of nitrogens with zero attached hydrogens (tertiary/aromatic N) is 1. The van der Waals surface area contributed by atoms with E-state index in [4.69, 9.17) is 5.73 Å². The van der Waals surface area contributed by atoms with Crippen LogP contribution in [0.25, 0.3) is 0 Å². The van der Waals surface area contributed by atoms with Gasteiger partial charge in [0.05, 0.1) is 0 Å². The Kier molecular flexibility index (Phi) is 6.23. The van der Waals surface area contributed by atoms with Gasteiger partial charge >= 0.3 is 0 Å². The van der Waals surface area contributed by atoms with E-state index in [0.717, 1.165) is 25.4 Å². The molecule has 0 aliphatic heterocycles. The van der Waals surface area contributed by atoms with Gasteiger partial charge in [-0.2, -0.15) is 0 Å². The number of rotatable bonds is 7. The van der Waals surface area contributed by atoms with Crippen molar-refractivity contribution in [2.75, 3.05) is 20.1 Å². The van der Waals surface area contributed by atoms with Gasteiger partial charge in [-0.3, -0.25) is 0 Å². The summed E-state index contributed by atoms with van der Waals surface area (Å²) in [6.07, 6.45) is 2.24. The molecule has 96 valence electrons. The first-order valence-electron chi connectivity index (χ1n) is 6.58. The van der Waals surface area contributed by atoms with Crippen LogP contribution < -0.4 is 5.73 Å². The van der Waals surface area contributed by atoms with Gasteiger partial charge in [-0.25, -0.2) is 0 Å². The highest BCUT2D eigenvalue weighted by molar-refractivity contribution is 5.22. The van der Waals surface area contributed by atoms with Crippen molar-refractivity contribution in [3.63, 3.8) is 0 Å². The Balaban J connectivity index is 2.40. The first-order valence-corrected chi connectivity index (χ1v) is 6.58. The second kappa shape index (κ2) is 7.46. The highest BCUT2D eigenvalue weighted by Gasteiger charge is 2.02. The summed E-state index contributed by atoms with van der Waals surface area (Å²) in [5, 5.41) is 0. The molecular formula is C15H26N2. The first kappa shape index (κ1) is 14.2. The molecule has 2 N–H and O–H groups in total. The van der Waals surface area contributed by atoms with Gasteiger partial charge in [0.15, 0.2) is 0 Å². The second-order valence-electron chi connectivity index (χ2n) is 5.28. The van der Waals surface area contributed by atoms with Crippen LogP contribution in [0.3, 0.4) is 0 Å². The number of nitrogens with two attached hydrogens (primary N) is 1. The van der Waals surface area contributed by atoms with E-state index >= 15 is 0 Å². The Morgan fingerprint density at radius 2 is 1.71 bits per heavy atom. The van der Waals surface area contributed by atoms with Gasteiger partial charge in [0.1, 0.15) is 0 Å². The van der Waals surface area contributed by atoms with Gasteiger partial charge in [0, 0.05) is 6.54 Å². The molecule has 0 spiro atoms. The lowest BCUT2D eigenvalue weighted by molar-refractivity contribution is 0.303. The maximum atomic E-state index is 5.54. The molecule has 1 aromatic rings. The van der Waals surface area contributed by atoms with E-state index in [0.29, 0.717) is 0 Å². The lowest BCUT2D eigenvalue weighted by atomic mass is 10.1. The predicted octanol–water partition coefficient (Wildman–Crippen LogP) is 2.67. The minimum Gasteiger partial charge on any atom is -0.330 e. The van der Waals surface area contributed by atoms with Gasteiger partial charge in [-0.05, 0) is 50.0 Å². The monoisotopic (exact) mass is 234 g/mol. The summed E-state index contributed by atoms with van der Waals surface area (Å²) in [6.45, 7) is 7.48. The van der Waals surface area contributed by atoms with Crippen LogP contribution in [0.15, 0.2) is 24.3 Å². The zero-order valence-corrected chi connectivity index (χ0v) is 11.4. The third kappa shape index (κ3) is 5.85. The minimum atomic E-state index is 0.730. The summed E-state index contributed by atoms with van der Waals surface area (Å²) in [5.41, 5.74) is 8.26. The molecule has 0 fully saturated rings. The summed E-state index contributed by atoms with van der Waals surface area (Å²) in [6, 6.07) is 8.82. The largest absolute Gasteiger partial charge is 0.330 e. The molecule has 0 unspecified atom stereocenters. The molecule has 2 nitrogen and oxygen atoms in total. The van der Waals surface area contributed by atoms with E-state index in [1.807, 2.05) is 0 Å². The van der Waals surface area contributed by atoms with Crippen molar-refractivity contribution in [1.82, 2.24) is 4.90 Å². The molecule has 0 radical (unpaired) electrons. The maximum absolute atomic E-state index is 5.54. The van der Waals surface area contributed by atoms with Crippen LogP contribution in [0.5, 0.6) is 0 Å². The fourth-order valence-electron chi connectivity index (χ4n) is 1.85. The zero-order chi connectivity index (χ0) is 12.7. The topological polar surface area (TPSA) is 29.3 Å². The number of hydrogen-bond donors (Lipinski definition) is 1. The van der Waals surface area contributed by atoms with Crippen LogP contribution in [0.2, 0.25) is 0 Å². The third-order valence-electron chi connectivity index (χ3n) is 3.00. The third-order valence-corrected chi connectivity index (χ3v) is 3.00. The average molecular weight is 234 g/mol. The SMILES string of the molecule is CC(C)CCN(C)Cc1ccc(CCN)cc1. The molecule has 0 amide bonds. The van der Waals surface area contributed by atoms with E-state index in [1.54, 1.807) is 0 Å². The van der Waals surface area contributed by atoms with Crippen LogP contribution >= 0.6 is 0 Å². The molecule has 1 aromatic carbocycles. The summed E-state index contributed by atoms with van der Waals surface area (Å²) in [4.78, 5) is 2.39. The van der Waals surface area contributed by atoms with E-state index in [9.17, 15) is 0 Å². The van der Waals surface area contributed by atoms with Crippen molar-refractivity contribution in [2.24, 2.45) is 11.7 Å². The van der Waals surface area contributed by atoms with E-state index in [2.05, 4.69) is 50.1 Å². The molecule has 0 aliphatic rings. The molecule has 0 saturated heterocycles. The number of hydrogen-bond acceptors (Lipinski definition) is 2. The molecule has 0 aromatic heterocycles. The van der Waals surface area contributed by atoms with Gasteiger partial charge in [0.2, 0.25) is 0 Å². The normalized spacial score (nSPS) is 11.4. The maximum Gasteiger partial charge on any atom is 0.0230 e. The van der Waals surface area contributed by atoms with Crippen LogP contribution in [0.4, 0.5) is 0 Å². The Hall–Kier alpha value is -0.860. The van der Waals surface area contributed by atoms with Gasteiger partial charge in [0.25, 0.3) is 0 Å². The minimum absolute atomic E-state index is 0.730. The average Bonchev–Trinajstić information content (AvgIpc) is 2.29. The van der Waals surface area contributed by atoms with E-state index < -0.39 is 0 Å². The van der Waals surface area contributed by atoms with Crippen molar-refractivity contribution >= 4 is 0 Å². The van der Waals surface area contributed by atoms with Crippen molar-refractivity contribution in [1.29, 1.82) is 0 Å². The fourth-order valence-corrected chi connectivity index (χ4v) is 1.85. The smallest absolute Gasteiger partial charge is 0.0230 e. The predicted molar refractivity (Wildman–Crippen MR) is 75.0 cm³/mol. The molecule has 0 bridgehead atoms. The van der Waals surface area contributed by atoms with Gasteiger partial charge in [-0.1, -0.05) is 38.1 Å². The highest BCUT2D eigenvalue weighted by atomic mass is 15.1. The standard InChI is InChI=1S/C15H26N2/c1-13(2)9-11-17(3)12-15-6-4-14(5-7-15)8-10-16/h4-7,13H,8-12,16H2,1-3H3. The molecule has 2 heteroatoms. The molecule has 0 atom stereocenters. The summed E-state index contributed by atoms with van der Waals surface area (Å²) >= 11 is 0. The molecular weight excluding hydrogens is 208 g/mol. The fraction of sp³-hybridized carbons (Fsp3) is 0.600. The Morgan fingerprint density at radius 1 is 1.12 bits per heavy atom. The molecule has 0 heterocycles. The van der Waals surface area contributed by atoms with E-state index in [-0.39, 0.29) is 0 Å². The van der Waals surface area contributed by atoms with Gasteiger partial charge in [-0.15, -0.1) is 0 Å². The van der Waals surface area contributed by atoms with Crippen molar-refractivity contribution in [3.8, 4) is 0 Å². The quantitative estimate of drug-likeness (QED) is 0.786. The van der Waals surface area contributed by atoms with Crippen molar-refractivity contribution < 1.29 is 0 Å². The molecule has 1 rings (SSSR count). The lowest BCUT2D eigenvalue weighted by Crippen LogP contribution is -2.20. The highest BCUT2D eigenvalue weighted by Crippen LogP contribution is 2.08. The van der Waals surface area contributed by atoms with Crippen LogP contribution in [0, 0.1) is 5.92 Å². The first-order chi connectivity index (χ1) is 8.11. The molecule has 0 saturated carbocycles. The van der Waals surface area contributed by atoms with Crippen LogP contribution in [0.1, 0.15) is 31.4 Å². The zero-order valence-electron chi connectivity index (χ0n) is 11.4. The Labute approximate surface area is 106 Å². The molecule has 17 heavy (non-hydrogen) atoms. The lowest BCUT2D eigenvalue weighted by Gasteiger charge is -2.18. The summed E-state index contributed by atoms with van der Waals surface area (Å²) < 4.78 is 0. The Morgan fingerprint density at radius 3 is 2.24 bits per heavy atom. The van der Waals surface area contributed by atoms with Crippen molar-refractivity contribution in [2.45, 2.75) is 33.2 Å².